The number of benzene rings is 1. The lowest BCUT2D eigenvalue weighted by atomic mass is 10.2. The van der Waals surface area contributed by atoms with E-state index in [4.69, 9.17) is 0 Å². The monoisotopic (exact) mass is 298 g/mol. The van der Waals surface area contributed by atoms with Gasteiger partial charge in [-0.2, -0.15) is 0 Å². The van der Waals surface area contributed by atoms with Crippen molar-refractivity contribution in [1.82, 2.24) is 9.97 Å². The van der Waals surface area contributed by atoms with Crippen molar-refractivity contribution < 1.29 is 4.79 Å². The number of anilines is 3. The van der Waals surface area contributed by atoms with Gasteiger partial charge in [-0.15, -0.1) is 11.3 Å². The number of aromatic nitrogens is 2. The predicted octanol–water partition coefficient (Wildman–Crippen LogP) is 3.70. The first-order valence-corrected chi connectivity index (χ1v) is 7.29. The van der Waals surface area contributed by atoms with Crippen molar-refractivity contribution in [2.75, 3.05) is 10.6 Å². The zero-order valence-corrected chi connectivity index (χ0v) is 12.5. The minimum atomic E-state index is -0.0815. The van der Waals surface area contributed by atoms with Gasteiger partial charge in [0.25, 0.3) is 0 Å². The lowest BCUT2D eigenvalue weighted by Crippen LogP contribution is -2.05. The third kappa shape index (κ3) is 3.00. The summed E-state index contributed by atoms with van der Waals surface area (Å²) in [6, 6.07) is 9.58. The molecule has 2 N–H and O–H groups in total. The molecular formula is C15H14N4OS. The summed E-state index contributed by atoms with van der Waals surface area (Å²) in [4.78, 5) is 21.7. The van der Waals surface area contributed by atoms with Gasteiger partial charge in [-0.05, 0) is 37.3 Å². The van der Waals surface area contributed by atoms with E-state index in [1.165, 1.54) is 11.8 Å². The minimum Gasteiger partial charge on any atom is -0.340 e. The number of thiophene rings is 1. The maximum absolute atomic E-state index is 11.0. The van der Waals surface area contributed by atoms with Crippen LogP contribution in [0, 0.1) is 6.92 Å². The van der Waals surface area contributed by atoms with Crippen molar-refractivity contribution in [1.29, 1.82) is 0 Å². The Morgan fingerprint density at radius 3 is 2.57 bits per heavy atom. The molecule has 0 aliphatic carbocycles. The van der Waals surface area contributed by atoms with E-state index in [1.807, 2.05) is 24.3 Å². The summed E-state index contributed by atoms with van der Waals surface area (Å²) in [6.07, 6.45) is 1.56. The molecule has 21 heavy (non-hydrogen) atoms. The fourth-order valence-electron chi connectivity index (χ4n) is 2.05. The van der Waals surface area contributed by atoms with Crippen LogP contribution in [0.15, 0.2) is 36.7 Å². The molecule has 0 spiro atoms. The number of hydrogen-bond acceptors (Lipinski definition) is 5. The van der Waals surface area contributed by atoms with Crippen LogP contribution in [0.4, 0.5) is 17.2 Å². The molecule has 0 atom stereocenters. The molecule has 6 heteroatoms. The van der Waals surface area contributed by atoms with Gasteiger partial charge in [0.05, 0.1) is 5.39 Å². The minimum absolute atomic E-state index is 0.0815. The van der Waals surface area contributed by atoms with Gasteiger partial charge in [0.15, 0.2) is 0 Å². The second kappa shape index (κ2) is 5.49. The van der Waals surface area contributed by atoms with E-state index in [0.717, 1.165) is 27.4 Å². The second-order valence-corrected chi connectivity index (χ2v) is 5.92. The number of carbonyl (C=O) groups is 1. The first kappa shape index (κ1) is 13.5. The van der Waals surface area contributed by atoms with E-state index in [2.05, 4.69) is 33.6 Å². The summed E-state index contributed by atoms with van der Waals surface area (Å²) in [5.74, 6) is 0.707. The number of fused-ring (bicyclic) bond motifs is 1. The number of amides is 1. The number of rotatable bonds is 3. The number of nitrogens with one attached hydrogen (secondary N) is 2. The molecule has 5 nitrogen and oxygen atoms in total. The van der Waals surface area contributed by atoms with Crippen LogP contribution >= 0.6 is 11.3 Å². The molecule has 0 saturated heterocycles. The van der Waals surface area contributed by atoms with E-state index in [1.54, 1.807) is 17.7 Å². The summed E-state index contributed by atoms with van der Waals surface area (Å²) in [5.41, 5.74) is 1.68. The molecule has 1 aromatic carbocycles. The van der Waals surface area contributed by atoms with Gasteiger partial charge in [0, 0.05) is 23.2 Å². The normalized spacial score (nSPS) is 10.6. The Morgan fingerprint density at radius 2 is 1.86 bits per heavy atom. The first-order chi connectivity index (χ1) is 10.1. The molecule has 3 aromatic rings. The summed E-state index contributed by atoms with van der Waals surface area (Å²) in [5, 5.41) is 7.04. The summed E-state index contributed by atoms with van der Waals surface area (Å²) in [7, 11) is 0. The first-order valence-electron chi connectivity index (χ1n) is 6.47. The fraction of sp³-hybridized carbons (Fsp3) is 0.133. The van der Waals surface area contributed by atoms with Crippen LogP contribution in [0.3, 0.4) is 0 Å². The molecule has 0 fully saturated rings. The van der Waals surface area contributed by atoms with Crippen molar-refractivity contribution in [3.8, 4) is 0 Å². The Labute approximate surface area is 126 Å². The van der Waals surface area contributed by atoms with Crippen LogP contribution < -0.4 is 10.6 Å². The average Bonchev–Trinajstić information content (AvgIpc) is 2.82. The van der Waals surface area contributed by atoms with Crippen LogP contribution in [0.2, 0.25) is 0 Å². The molecule has 0 bridgehead atoms. The molecule has 0 aliphatic heterocycles. The number of carbonyl (C=O) groups excluding carboxylic acids is 1. The van der Waals surface area contributed by atoms with E-state index in [0.29, 0.717) is 0 Å². The quantitative estimate of drug-likeness (QED) is 0.773. The smallest absolute Gasteiger partial charge is 0.221 e. The zero-order valence-electron chi connectivity index (χ0n) is 11.7. The zero-order chi connectivity index (χ0) is 14.8. The SMILES string of the molecule is CC(=O)Nc1ccc(Nc2ncnc3sc(C)cc23)cc1. The van der Waals surface area contributed by atoms with Crippen LogP contribution in [-0.4, -0.2) is 15.9 Å². The summed E-state index contributed by atoms with van der Waals surface area (Å²) >= 11 is 1.65. The highest BCUT2D eigenvalue weighted by atomic mass is 32.1. The maximum Gasteiger partial charge on any atom is 0.221 e. The van der Waals surface area contributed by atoms with Crippen LogP contribution in [0.5, 0.6) is 0 Å². The van der Waals surface area contributed by atoms with Crippen LogP contribution in [0.25, 0.3) is 10.2 Å². The van der Waals surface area contributed by atoms with Gasteiger partial charge in [-0.1, -0.05) is 0 Å². The van der Waals surface area contributed by atoms with E-state index < -0.39 is 0 Å². The molecule has 3 rings (SSSR count). The Kier molecular flexibility index (Phi) is 3.53. The largest absolute Gasteiger partial charge is 0.340 e. The van der Waals surface area contributed by atoms with Crippen molar-refractivity contribution >= 4 is 44.7 Å². The molecule has 0 aliphatic rings. The molecule has 0 radical (unpaired) electrons. The number of nitrogens with zero attached hydrogens (tertiary/aromatic N) is 2. The number of hydrogen-bond donors (Lipinski definition) is 2. The maximum atomic E-state index is 11.0. The highest BCUT2D eigenvalue weighted by Gasteiger charge is 2.07. The van der Waals surface area contributed by atoms with Gasteiger partial charge in [0.2, 0.25) is 5.91 Å². The van der Waals surface area contributed by atoms with Gasteiger partial charge >= 0.3 is 0 Å². The molecule has 2 heterocycles. The fourth-order valence-corrected chi connectivity index (χ4v) is 2.90. The Balaban J connectivity index is 1.86. The van der Waals surface area contributed by atoms with Crippen molar-refractivity contribution in [2.24, 2.45) is 0 Å². The Morgan fingerprint density at radius 1 is 1.14 bits per heavy atom. The summed E-state index contributed by atoms with van der Waals surface area (Å²) < 4.78 is 0. The third-order valence-electron chi connectivity index (χ3n) is 2.92. The highest BCUT2D eigenvalue weighted by molar-refractivity contribution is 7.18. The standard InChI is InChI=1S/C15H14N4OS/c1-9-7-13-14(16-8-17-15(13)21-9)19-12-5-3-11(4-6-12)18-10(2)20/h3-8H,1-2H3,(H,18,20)(H,16,17,19). The Bertz CT molecular complexity index is 795. The number of aryl methyl sites for hydroxylation is 1. The second-order valence-electron chi connectivity index (χ2n) is 4.68. The van der Waals surface area contributed by atoms with Crippen LogP contribution in [0.1, 0.15) is 11.8 Å². The van der Waals surface area contributed by atoms with E-state index in [-0.39, 0.29) is 5.91 Å². The van der Waals surface area contributed by atoms with E-state index in [9.17, 15) is 4.79 Å². The Hall–Kier alpha value is -2.47. The van der Waals surface area contributed by atoms with Gasteiger partial charge in [-0.3, -0.25) is 4.79 Å². The topological polar surface area (TPSA) is 66.9 Å². The lowest BCUT2D eigenvalue weighted by molar-refractivity contribution is -0.114. The third-order valence-corrected chi connectivity index (χ3v) is 3.88. The average molecular weight is 298 g/mol. The molecule has 106 valence electrons. The van der Waals surface area contributed by atoms with Gasteiger partial charge < -0.3 is 10.6 Å². The van der Waals surface area contributed by atoms with E-state index >= 15 is 0 Å². The predicted molar refractivity (Wildman–Crippen MR) is 86.2 cm³/mol. The summed E-state index contributed by atoms with van der Waals surface area (Å²) in [6.45, 7) is 3.54. The molecule has 0 saturated carbocycles. The molecule has 2 aromatic heterocycles. The highest BCUT2D eigenvalue weighted by Crippen LogP contribution is 2.29. The molecule has 1 amide bonds. The van der Waals surface area contributed by atoms with Crippen molar-refractivity contribution in [3.05, 3.63) is 41.5 Å². The van der Waals surface area contributed by atoms with Crippen LogP contribution in [-0.2, 0) is 4.79 Å². The van der Waals surface area contributed by atoms with Gasteiger partial charge in [-0.25, -0.2) is 9.97 Å². The lowest BCUT2D eigenvalue weighted by Gasteiger charge is -2.07. The van der Waals surface area contributed by atoms with Crippen molar-refractivity contribution in [2.45, 2.75) is 13.8 Å². The van der Waals surface area contributed by atoms with Crippen molar-refractivity contribution in [3.63, 3.8) is 0 Å². The molecule has 0 unspecified atom stereocenters. The molecular weight excluding hydrogens is 284 g/mol. The van der Waals surface area contributed by atoms with Gasteiger partial charge in [0.1, 0.15) is 17.0 Å².